The third-order valence-electron chi connectivity index (χ3n) is 6.29. The molecule has 33 heavy (non-hydrogen) atoms. The first-order chi connectivity index (χ1) is 16.1. The van der Waals surface area contributed by atoms with E-state index in [0.29, 0.717) is 19.5 Å². The van der Waals surface area contributed by atoms with Crippen molar-refractivity contribution in [2.75, 3.05) is 5.32 Å². The number of H-pyrrole nitrogens is 1. The second-order valence-electron chi connectivity index (χ2n) is 8.38. The molecule has 0 radical (unpaired) electrons. The molecule has 0 spiro atoms. The summed E-state index contributed by atoms with van der Waals surface area (Å²) in [6.07, 6.45) is 6.69. The minimum absolute atomic E-state index is 0.128. The third-order valence-corrected chi connectivity index (χ3v) is 6.29. The van der Waals surface area contributed by atoms with Crippen molar-refractivity contribution in [2.45, 2.75) is 44.8 Å². The van der Waals surface area contributed by atoms with Gasteiger partial charge in [0.25, 0.3) is 5.56 Å². The molecule has 0 fully saturated rings. The van der Waals surface area contributed by atoms with Gasteiger partial charge in [-0.1, -0.05) is 37.3 Å². The number of benzene rings is 1. The van der Waals surface area contributed by atoms with E-state index >= 15 is 0 Å². The third kappa shape index (κ3) is 4.11. The molecule has 3 aromatic heterocycles. The van der Waals surface area contributed by atoms with Crippen LogP contribution in [0, 0.1) is 0 Å². The highest BCUT2D eigenvalue weighted by atomic mass is 16.2. The molecular weight excluding hydrogens is 416 g/mol. The van der Waals surface area contributed by atoms with E-state index in [2.05, 4.69) is 32.5 Å². The zero-order valence-corrected chi connectivity index (χ0v) is 18.4. The zero-order chi connectivity index (χ0) is 22.8. The lowest BCUT2D eigenvalue weighted by Crippen LogP contribution is -2.36. The molecule has 0 saturated heterocycles. The van der Waals surface area contributed by atoms with Crippen molar-refractivity contribution in [2.24, 2.45) is 0 Å². The van der Waals surface area contributed by atoms with Crippen molar-refractivity contribution in [1.82, 2.24) is 24.8 Å². The summed E-state index contributed by atoms with van der Waals surface area (Å²) < 4.78 is 1.62. The SMILES string of the molecule is CC[C@H]1C[C@@H](C(=O)NCc2cc3cnccc3[nH]2)n2c1cnc(NCc1ccccc1)c2=O. The fourth-order valence-corrected chi connectivity index (χ4v) is 4.53. The summed E-state index contributed by atoms with van der Waals surface area (Å²) in [5.41, 5.74) is 3.49. The highest BCUT2D eigenvalue weighted by Gasteiger charge is 2.36. The van der Waals surface area contributed by atoms with Gasteiger partial charge in [0.2, 0.25) is 5.91 Å². The number of aromatic amines is 1. The van der Waals surface area contributed by atoms with Crippen molar-refractivity contribution in [3.8, 4) is 0 Å². The molecule has 0 aliphatic carbocycles. The molecule has 3 N–H and O–H groups in total. The summed E-state index contributed by atoms with van der Waals surface area (Å²) in [7, 11) is 0. The number of nitrogens with zero attached hydrogens (tertiary/aromatic N) is 3. The predicted molar refractivity (Wildman–Crippen MR) is 127 cm³/mol. The lowest BCUT2D eigenvalue weighted by Gasteiger charge is -2.15. The van der Waals surface area contributed by atoms with Crippen molar-refractivity contribution in [3.05, 3.63) is 88.4 Å². The van der Waals surface area contributed by atoms with Crippen LogP contribution in [0.2, 0.25) is 0 Å². The van der Waals surface area contributed by atoms with Gasteiger partial charge in [-0.05, 0) is 30.5 Å². The highest BCUT2D eigenvalue weighted by molar-refractivity contribution is 5.82. The van der Waals surface area contributed by atoms with Gasteiger partial charge < -0.3 is 15.6 Å². The topological polar surface area (TPSA) is 105 Å². The Morgan fingerprint density at radius 2 is 2.03 bits per heavy atom. The molecule has 1 amide bonds. The van der Waals surface area contributed by atoms with Crippen molar-refractivity contribution in [3.63, 3.8) is 0 Å². The van der Waals surface area contributed by atoms with Crippen LogP contribution in [0.25, 0.3) is 10.9 Å². The first-order valence-electron chi connectivity index (χ1n) is 11.2. The number of hydrogen-bond acceptors (Lipinski definition) is 5. The number of amides is 1. The van der Waals surface area contributed by atoms with Gasteiger partial charge in [-0.25, -0.2) is 4.98 Å². The van der Waals surface area contributed by atoms with E-state index in [1.165, 1.54) is 0 Å². The van der Waals surface area contributed by atoms with E-state index in [1.807, 2.05) is 42.5 Å². The van der Waals surface area contributed by atoms with Gasteiger partial charge in [0.05, 0.1) is 6.54 Å². The number of aromatic nitrogens is 4. The Labute approximate surface area is 191 Å². The van der Waals surface area contributed by atoms with Crippen LogP contribution < -0.4 is 16.2 Å². The maximum atomic E-state index is 13.3. The van der Waals surface area contributed by atoms with Crippen LogP contribution in [-0.4, -0.2) is 25.4 Å². The Morgan fingerprint density at radius 1 is 1.18 bits per heavy atom. The van der Waals surface area contributed by atoms with Crippen LogP contribution in [0.5, 0.6) is 0 Å². The van der Waals surface area contributed by atoms with Crippen molar-refractivity contribution in [1.29, 1.82) is 0 Å². The molecule has 0 unspecified atom stereocenters. The summed E-state index contributed by atoms with van der Waals surface area (Å²) in [5.74, 6) is 0.231. The number of anilines is 1. The fraction of sp³-hybridized carbons (Fsp3) is 0.280. The van der Waals surface area contributed by atoms with Gasteiger partial charge in [-0.15, -0.1) is 0 Å². The Kier molecular flexibility index (Phi) is 5.64. The second-order valence-corrected chi connectivity index (χ2v) is 8.38. The Balaban J connectivity index is 1.35. The van der Waals surface area contributed by atoms with Crippen LogP contribution in [0.15, 0.2) is 65.8 Å². The van der Waals surface area contributed by atoms with E-state index < -0.39 is 6.04 Å². The van der Waals surface area contributed by atoms with E-state index in [-0.39, 0.29) is 23.2 Å². The quantitative estimate of drug-likeness (QED) is 0.406. The molecule has 0 saturated carbocycles. The number of fused-ring (bicyclic) bond motifs is 2. The average molecular weight is 443 g/mol. The smallest absolute Gasteiger partial charge is 0.294 e. The van der Waals surface area contributed by atoms with Gasteiger partial charge in [0.1, 0.15) is 6.04 Å². The highest BCUT2D eigenvalue weighted by Crippen LogP contribution is 2.36. The van der Waals surface area contributed by atoms with Crippen LogP contribution in [-0.2, 0) is 17.9 Å². The number of rotatable bonds is 7. The van der Waals surface area contributed by atoms with Crippen LogP contribution in [0.1, 0.15) is 48.7 Å². The average Bonchev–Trinajstić information content (AvgIpc) is 3.44. The van der Waals surface area contributed by atoms with E-state index in [0.717, 1.165) is 34.3 Å². The Bertz CT molecular complexity index is 1310. The van der Waals surface area contributed by atoms with Gasteiger partial charge in [-0.3, -0.25) is 19.1 Å². The van der Waals surface area contributed by atoms with E-state index in [4.69, 9.17) is 0 Å². The molecule has 8 heteroatoms. The summed E-state index contributed by atoms with van der Waals surface area (Å²) in [6, 6.07) is 13.2. The summed E-state index contributed by atoms with van der Waals surface area (Å²) in [6.45, 7) is 2.92. The van der Waals surface area contributed by atoms with Gasteiger partial charge >= 0.3 is 0 Å². The monoisotopic (exact) mass is 442 g/mol. The number of hydrogen-bond donors (Lipinski definition) is 3. The largest absolute Gasteiger partial charge is 0.361 e. The molecule has 0 bridgehead atoms. The van der Waals surface area contributed by atoms with E-state index in [9.17, 15) is 9.59 Å². The molecule has 1 aromatic carbocycles. The number of nitrogens with one attached hydrogen (secondary N) is 3. The van der Waals surface area contributed by atoms with Crippen molar-refractivity contribution < 1.29 is 4.79 Å². The summed E-state index contributed by atoms with van der Waals surface area (Å²) >= 11 is 0. The van der Waals surface area contributed by atoms with Crippen LogP contribution in [0.4, 0.5) is 5.82 Å². The lowest BCUT2D eigenvalue weighted by molar-refractivity contribution is -0.124. The summed E-state index contributed by atoms with van der Waals surface area (Å²) in [4.78, 5) is 38.3. The van der Waals surface area contributed by atoms with Gasteiger partial charge in [-0.2, -0.15) is 0 Å². The number of carbonyl (C=O) groups excluding carboxylic acids is 1. The molecule has 4 aromatic rings. The zero-order valence-electron chi connectivity index (χ0n) is 18.4. The Morgan fingerprint density at radius 3 is 2.82 bits per heavy atom. The predicted octanol–water partition coefficient (Wildman–Crippen LogP) is 3.49. The Hall–Kier alpha value is -3.94. The van der Waals surface area contributed by atoms with E-state index in [1.54, 1.807) is 23.2 Å². The van der Waals surface area contributed by atoms with Gasteiger partial charge in [0, 0.05) is 53.3 Å². The molecule has 8 nitrogen and oxygen atoms in total. The van der Waals surface area contributed by atoms with Crippen molar-refractivity contribution >= 4 is 22.6 Å². The molecule has 4 heterocycles. The fourth-order valence-electron chi connectivity index (χ4n) is 4.53. The van der Waals surface area contributed by atoms with Gasteiger partial charge in [0.15, 0.2) is 5.82 Å². The molecule has 5 rings (SSSR count). The molecule has 2 atom stereocenters. The number of carbonyl (C=O) groups is 1. The normalized spacial score (nSPS) is 17.1. The minimum atomic E-state index is -0.552. The number of pyridine rings is 1. The molecular formula is C25H26N6O2. The van der Waals surface area contributed by atoms with Crippen LogP contribution in [0.3, 0.4) is 0 Å². The van der Waals surface area contributed by atoms with Crippen LogP contribution >= 0.6 is 0 Å². The maximum absolute atomic E-state index is 13.3. The summed E-state index contributed by atoms with van der Waals surface area (Å²) in [5, 5.41) is 7.13. The molecule has 1 aliphatic heterocycles. The lowest BCUT2D eigenvalue weighted by atomic mass is 9.99. The molecule has 1 aliphatic rings. The second kappa shape index (κ2) is 8.90. The maximum Gasteiger partial charge on any atom is 0.294 e. The standard InChI is InChI=1S/C25H26N6O2/c1-2-17-11-21(24(32)29-14-19-10-18-13-26-9-8-20(18)30-19)31-22(17)15-28-23(25(31)33)27-12-16-6-4-3-5-7-16/h3-10,13,15,17,21,30H,2,11-12,14H2,1H3,(H,27,28)(H,29,32)/t17-,21-/m0/s1. The first kappa shape index (κ1) is 20.9. The first-order valence-corrected chi connectivity index (χ1v) is 11.2. The molecule has 168 valence electrons. The minimum Gasteiger partial charge on any atom is -0.361 e.